The number of nitrogens with one attached hydrogen (secondary N) is 1. The van der Waals surface area contributed by atoms with E-state index < -0.39 is 22.1 Å². The zero-order chi connectivity index (χ0) is 14.6. The number of carboxylic acids is 1. The molecular weight excluding hydrogens is 270 g/mol. The fraction of sp³-hybridized carbons (Fsp3) is 0.417. The van der Waals surface area contributed by atoms with Crippen LogP contribution in [0.2, 0.25) is 0 Å². The number of benzene rings is 1. The van der Waals surface area contributed by atoms with Crippen LogP contribution in [-0.4, -0.2) is 39.3 Å². The quantitative estimate of drug-likeness (QED) is 0.802. The van der Waals surface area contributed by atoms with Gasteiger partial charge in [-0.15, -0.1) is 0 Å². The first-order chi connectivity index (χ1) is 8.76. The van der Waals surface area contributed by atoms with Crippen LogP contribution in [0.25, 0.3) is 0 Å². The summed E-state index contributed by atoms with van der Waals surface area (Å²) < 4.78 is 30.9. The van der Waals surface area contributed by atoms with E-state index >= 15 is 0 Å². The second-order valence-electron chi connectivity index (χ2n) is 4.24. The second kappa shape index (κ2) is 6.14. The summed E-state index contributed by atoms with van der Waals surface area (Å²) in [4.78, 5) is 10.8. The molecule has 1 aromatic carbocycles. The van der Waals surface area contributed by atoms with Gasteiger partial charge in [0.05, 0.1) is 4.90 Å². The molecule has 0 heterocycles. The SMILES string of the molecule is COC(CNS(=O)(=O)c1cc(C)cc(C)c1)C(=O)O. The topological polar surface area (TPSA) is 92.7 Å². The first kappa shape index (κ1) is 15.6. The largest absolute Gasteiger partial charge is 0.479 e. The Hall–Kier alpha value is -1.44. The number of ether oxygens (including phenoxy) is 1. The van der Waals surface area contributed by atoms with E-state index in [4.69, 9.17) is 5.11 Å². The minimum absolute atomic E-state index is 0.116. The number of aryl methyl sites for hydroxylation is 2. The van der Waals surface area contributed by atoms with E-state index in [1.54, 1.807) is 13.8 Å². The minimum atomic E-state index is -3.74. The highest BCUT2D eigenvalue weighted by Crippen LogP contribution is 2.14. The summed E-state index contributed by atoms with van der Waals surface area (Å²) >= 11 is 0. The summed E-state index contributed by atoms with van der Waals surface area (Å²) in [7, 11) is -2.53. The van der Waals surface area contributed by atoms with Crippen molar-refractivity contribution in [3.63, 3.8) is 0 Å². The molecule has 1 aromatic rings. The Morgan fingerprint density at radius 3 is 2.26 bits per heavy atom. The second-order valence-corrected chi connectivity index (χ2v) is 6.00. The maximum atomic E-state index is 12.0. The molecule has 0 aliphatic rings. The third-order valence-electron chi connectivity index (χ3n) is 2.52. The third-order valence-corrected chi connectivity index (χ3v) is 3.93. The maximum absolute atomic E-state index is 12.0. The van der Waals surface area contributed by atoms with Crippen molar-refractivity contribution in [1.29, 1.82) is 0 Å². The van der Waals surface area contributed by atoms with Gasteiger partial charge in [0.2, 0.25) is 10.0 Å². The predicted molar refractivity (Wildman–Crippen MR) is 69.5 cm³/mol. The van der Waals surface area contributed by atoms with Crippen LogP contribution in [0.5, 0.6) is 0 Å². The molecule has 0 amide bonds. The molecule has 106 valence electrons. The summed E-state index contributed by atoms with van der Waals surface area (Å²) in [6, 6.07) is 4.91. The Bertz CT molecular complexity index is 547. The predicted octanol–water partition coefficient (Wildman–Crippen LogP) is 0.681. The number of rotatable bonds is 6. The number of methoxy groups -OCH3 is 1. The van der Waals surface area contributed by atoms with E-state index in [9.17, 15) is 13.2 Å². The first-order valence-electron chi connectivity index (χ1n) is 5.60. The van der Waals surface area contributed by atoms with Crippen LogP contribution in [0.1, 0.15) is 11.1 Å². The molecule has 0 aliphatic carbocycles. The fourth-order valence-corrected chi connectivity index (χ4v) is 2.85. The molecule has 6 nitrogen and oxygen atoms in total. The minimum Gasteiger partial charge on any atom is -0.479 e. The average molecular weight is 287 g/mol. The Labute approximate surface area is 112 Å². The number of hydrogen-bond donors (Lipinski definition) is 2. The monoisotopic (exact) mass is 287 g/mol. The van der Waals surface area contributed by atoms with Gasteiger partial charge in [0, 0.05) is 13.7 Å². The van der Waals surface area contributed by atoms with Gasteiger partial charge in [-0.2, -0.15) is 0 Å². The van der Waals surface area contributed by atoms with Crippen molar-refractivity contribution < 1.29 is 23.1 Å². The Morgan fingerprint density at radius 2 is 1.84 bits per heavy atom. The van der Waals surface area contributed by atoms with Gasteiger partial charge in [0.1, 0.15) is 0 Å². The van der Waals surface area contributed by atoms with Crippen LogP contribution in [-0.2, 0) is 19.6 Å². The lowest BCUT2D eigenvalue weighted by Gasteiger charge is -2.12. The van der Waals surface area contributed by atoms with Gasteiger partial charge in [-0.05, 0) is 37.1 Å². The Balaban J connectivity index is 2.89. The van der Waals surface area contributed by atoms with Gasteiger partial charge >= 0.3 is 5.97 Å². The van der Waals surface area contributed by atoms with E-state index in [-0.39, 0.29) is 11.4 Å². The van der Waals surface area contributed by atoms with E-state index in [0.29, 0.717) is 0 Å². The standard InChI is InChI=1S/C12H17NO5S/c1-8-4-9(2)6-10(5-8)19(16,17)13-7-11(18-3)12(14)15/h4-6,11,13H,7H2,1-3H3,(H,14,15). The molecule has 1 atom stereocenters. The Kier molecular flexibility index (Phi) is 5.04. The van der Waals surface area contributed by atoms with E-state index in [0.717, 1.165) is 11.1 Å². The molecule has 0 aromatic heterocycles. The zero-order valence-corrected chi connectivity index (χ0v) is 11.8. The molecule has 0 fully saturated rings. The van der Waals surface area contributed by atoms with Gasteiger partial charge in [0.25, 0.3) is 0 Å². The molecule has 0 spiro atoms. The molecule has 0 aliphatic heterocycles. The fourth-order valence-electron chi connectivity index (χ4n) is 1.63. The lowest BCUT2D eigenvalue weighted by Crippen LogP contribution is -2.37. The highest BCUT2D eigenvalue weighted by molar-refractivity contribution is 7.89. The average Bonchev–Trinajstić information content (AvgIpc) is 2.27. The van der Waals surface area contributed by atoms with Gasteiger partial charge in [0.15, 0.2) is 6.10 Å². The van der Waals surface area contributed by atoms with Crippen molar-refractivity contribution >= 4 is 16.0 Å². The zero-order valence-electron chi connectivity index (χ0n) is 11.0. The van der Waals surface area contributed by atoms with Gasteiger partial charge in [-0.25, -0.2) is 17.9 Å². The molecule has 19 heavy (non-hydrogen) atoms. The van der Waals surface area contributed by atoms with Crippen LogP contribution in [0.3, 0.4) is 0 Å². The molecule has 7 heteroatoms. The summed E-state index contributed by atoms with van der Waals surface area (Å²) in [6.07, 6.45) is -1.21. The summed E-state index contributed by atoms with van der Waals surface area (Å²) in [5.41, 5.74) is 1.64. The van der Waals surface area contributed by atoms with Crippen LogP contribution >= 0.6 is 0 Å². The molecule has 0 radical (unpaired) electrons. The summed E-state index contributed by atoms with van der Waals surface area (Å²) in [5.74, 6) is -1.22. The number of carbonyl (C=O) groups is 1. The summed E-state index contributed by atoms with van der Waals surface area (Å²) in [5, 5.41) is 8.77. The molecule has 0 saturated heterocycles. The van der Waals surface area contributed by atoms with E-state index in [2.05, 4.69) is 9.46 Å². The molecule has 1 rings (SSSR count). The lowest BCUT2D eigenvalue weighted by atomic mass is 10.2. The van der Waals surface area contributed by atoms with Crippen LogP contribution in [0.4, 0.5) is 0 Å². The van der Waals surface area contributed by atoms with Crippen molar-refractivity contribution in [2.24, 2.45) is 0 Å². The first-order valence-corrected chi connectivity index (χ1v) is 7.08. The third kappa shape index (κ3) is 4.30. The number of sulfonamides is 1. The van der Waals surface area contributed by atoms with Crippen molar-refractivity contribution in [2.75, 3.05) is 13.7 Å². The smallest absolute Gasteiger partial charge is 0.334 e. The van der Waals surface area contributed by atoms with E-state index in [1.165, 1.54) is 19.2 Å². The molecular formula is C12H17NO5S. The van der Waals surface area contributed by atoms with Gasteiger partial charge in [-0.3, -0.25) is 0 Å². The van der Waals surface area contributed by atoms with Crippen molar-refractivity contribution in [2.45, 2.75) is 24.8 Å². The highest BCUT2D eigenvalue weighted by atomic mass is 32.2. The van der Waals surface area contributed by atoms with Gasteiger partial charge in [-0.1, -0.05) is 6.07 Å². The van der Waals surface area contributed by atoms with Crippen molar-refractivity contribution in [3.05, 3.63) is 29.3 Å². The van der Waals surface area contributed by atoms with Crippen LogP contribution in [0, 0.1) is 13.8 Å². The number of hydrogen-bond acceptors (Lipinski definition) is 4. The van der Waals surface area contributed by atoms with Crippen molar-refractivity contribution in [1.82, 2.24) is 4.72 Å². The van der Waals surface area contributed by atoms with Gasteiger partial charge < -0.3 is 9.84 Å². The maximum Gasteiger partial charge on any atom is 0.334 e. The molecule has 1 unspecified atom stereocenters. The van der Waals surface area contributed by atoms with Crippen LogP contribution < -0.4 is 4.72 Å². The number of carboxylic acid groups (broad SMARTS) is 1. The summed E-state index contributed by atoms with van der Waals surface area (Å²) in [6.45, 7) is 3.27. The Morgan fingerprint density at radius 1 is 1.32 bits per heavy atom. The van der Waals surface area contributed by atoms with Crippen molar-refractivity contribution in [3.8, 4) is 0 Å². The normalized spacial score (nSPS) is 13.2. The highest BCUT2D eigenvalue weighted by Gasteiger charge is 2.21. The molecule has 2 N–H and O–H groups in total. The molecule has 0 bridgehead atoms. The van der Waals surface area contributed by atoms with Crippen LogP contribution in [0.15, 0.2) is 23.1 Å². The van der Waals surface area contributed by atoms with E-state index in [1.807, 2.05) is 6.07 Å². The number of aliphatic carboxylic acids is 1. The lowest BCUT2D eigenvalue weighted by molar-refractivity contribution is -0.147. The molecule has 0 saturated carbocycles.